The van der Waals surface area contributed by atoms with Crippen LogP contribution in [0.15, 0.2) is 155 Å². The van der Waals surface area contributed by atoms with E-state index >= 15 is 0 Å². The predicted octanol–water partition coefficient (Wildman–Crippen LogP) is 7.99. The van der Waals surface area contributed by atoms with Gasteiger partial charge in [-0.25, -0.2) is 0 Å². The van der Waals surface area contributed by atoms with Crippen molar-refractivity contribution in [1.29, 1.82) is 0 Å². The van der Waals surface area contributed by atoms with Crippen LogP contribution in [0.5, 0.6) is 0 Å². The quantitative estimate of drug-likeness (QED) is 0.145. The fourth-order valence-electron chi connectivity index (χ4n) is 4.49. The third-order valence-electron chi connectivity index (χ3n) is 6.60. The van der Waals surface area contributed by atoms with E-state index in [9.17, 15) is 9.59 Å². The molecule has 5 aromatic carbocycles. The Labute approximate surface area is 256 Å². The summed E-state index contributed by atoms with van der Waals surface area (Å²) in [6.07, 6.45) is 0. The molecule has 4 nitrogen and oxygen atoms in total. The van der Waals surface area contributed by atoms with Gasteiger partial charge < -0.3 is 10.6 Å². The molecule has 2 N–H and O–H groups in total. The molecule has 5 rings (SSSR count). The van der Waals surface area contributed by atoms with Gasteiger partial charge in [0.05, 0.1) is 0 Å². The van der Waals surface area contributed by atoms with Gasteiger partial charge in [-0.05, 0) is 46.5 Å². The fraction of sp³-hybridized carbons (Fsp3) is 0.111. The van der Waals surface area contributed by atoms with Crippen LogP contribution in [0.25, 0.3) is 0 Å². The van der Waals surface area contributed by atoms with Crippen LogP contribution in [-0.4, -0.2) is 11.8 Å². The van der Waals surface area contributed by atoms with Crippen LogP contribution in [-0.2, 0) is 22.7 Å². The number of carbonyl (C=O) groups is 2. The maximum atomic E-state index is 13.4. The van der Waals surface area contributed by atoms with Crippen LogP contribution in [0.2, 0.25) is 0 Å². The van der Waals surface area contributed by atoms with Crippen molar-refractivity contribution < 1.29 is 9.59 Å². The Morgan fingerprint density at radius 3 is 1.21 bits per heavy atom. The number of amides is 2. The third-order valence-corrected chi connectivity index (χ3v) is 9.13. The minimum atomic E-state index is -0.367. The number of carbonyl (C=O) groups excluding carboxylic acids is 2. The summed E-state index contributed by atoms with van der Waals surface area (Å²) in [5.74, 6) is -0.0882. The highest BCUT2D eigenvalue weighted by atomic mass is 32.2. The van der Waals surface area contributed by atoms with Gasteiger partial charge in [-0.15, -0.1) is 23.5 Å². The van der Waals surface area contributed by atoms with Gasteiger partial charge in [-0.2, -0.15) is 0 Å². The van der Waals surface area contributed by atoms with Gasteiger partial charge in [0.25, 0.3) is 0 Å². The Balaban J connectivity index is 1.22. The SMILES string of the molecule is O=C(NCc1cccc(CNC(=O)[C@H](Sc2ccccc2)c2ccccc2)c1)[C@@H](Sc1ccccc1)c1ccccc1. The zero-order chi connectivity index (χ0) is 29.0. The molecule has 0 aliphatic carbocycles. The molecule has 0 saturated carbocycles. The third kappa shape index (κ3) is 8.38. The molecular weight excluding hydrogens is 557 g/mol. The first kappa shape index (κ1) is 29.2. The zero-order valence-electron chi connectivity index (χ0n) is 23.1. The van der Waals surface area contributed by atoms with Crippen LogP contribution in [0.3, 0.4) is 0 Å². The van der Waals surface area contributed by atoms with Crippen molar-refractivity contribution >= 4 is 35.3 Å². The first-order valence-electron chi connectivity index (χ1n) is 13.8. The average molecular weight is 589 g/mol. The summed E-state index contributed by atoms with van der Waals surface area (Å²) in [5, 5.41) is 5.52. The largest absolute Gasteiger partial charge is 0.351 e. The molecule has 210 valence electrons. The first-order chi connectivity index (χ1) is 20.7. The average Bonchev–Trinajstić information content (AvgIpc) is 3.06. The van der Waals surface area contributed by atoms with E-state index in [1.807, 2.05) is 146 Å². The Kier molecular flexibility index (Phi) is 10.5. The molecule has 0 aliphatic rings. The number of nitrogens with one attached hydrogen (secondary N) is 2. The molecule has 0 heterocycles. The topological polar surface area (TPSA) is 58.2 Å². The minimum absolute atomic E-state index is 0.0441. The summed E-state index contributed by atoms with van der Waals surface area (Å²) >= 11 is 3.08. The van der Waals surface area contributed by atoms with Crippen molar-refractivity contribution in [3.8, 4) is 0 Å². The molecule has 0 saturated heterocycles. The Bertz CT molecular complexity index is 1450. The van der Waals surface area contributed by atoms with Crippen molar-refractivity contribution in [3.63, 3.8) is 0 Å². The molecule has 2 atom stereocenters. The molecule has 0 radical (unpaired) electrons. The molecule has 0 fully saturated rings. The monoisotopic (exact) mass is 588 g/mol. The summed E-state index contributed by atoms with van der Waals surface area (Å²) in [4.78, 5) is 28.9. The summed E-state index contributed by atoms with van der Waals surface area (Å²) in [6.45, 7) is 0.797. The summed E-state index contributed by atoms with van der Waals surface area (Å²) in [5.41, 5.74) is 3.87. The van der Waals surface area contributed by atoms with Crippen molar-refractivity contribution in [2.45, 2.75) is 33.4 Å². The van der Waals surface area contributed by atoms with Crippen molar-refractivity contribution in [3.05, 3.63) is 168 Å². The van der Waals surface area contributed by atoms with E-state index in [4.69, 9.17) is 0 Å². The summed E-state index contributed by atoms with van der Waals surface area (Å²) < 4.78 is 0. The predicted molar refractivity (Wildman–Crippen MR) is 173 cm³/mol. The molecule has 0 aliphatic heterocycles. The maximum Gasteiger partial charge on any atom is 0.238 e. The Hall–Kier alpha value is -4.26. The van der Waals surface area contributed by atoms with Gasteiger partial charge in [0.15, 0.2) is 0 Å². The van der Waals surface area contributed by atoms with E-state index in [-0.39, 0.29) is 22.3 Å². The highest BCUT2D eigenvalue weighted by Crippen LogP contribution is 2.36. The molecule has 6 heteroatoms. The van der Waals surface area contributed by atoms with Crippen LogP contribution in [0.4, 0.5) is 0 Å². The normalized spacial score (nSPS) is 12.2. The molecular formula is C36H32N2O2S2. The minimum Gasteiger partial charge on any atom is -0.351 e. The standard InChI is InChI=1S/C36H32N2O2S2/c39-35(33(29-16-5-1-6-17-29)41-31-20-9-3-10-21-31)37-25-27-14-13-15-28(24-27)26-38-36(40)34(30-18-7-2-8-19-30)42-32-22-11-4-12-23-32/h1-24,33-34H,25-26H2,(H,37,39)(H,38,40)/t33-,34+. The van der Waals surface area contributed by atoms with Crippen LogP contribution in [0, 0.1) is 0 Å². The second-order valence-electron chi connectivity index (χ2n) is 9.70. The highest BCUT2D eigenvalue weighted by Gasteiger charge is 2.23. The number of rotatable bonds is 12. The lowest BCUT2D eigenvalue weighted by Gasteiger charge is -2.18. The van der Waals surface area contributed by atoms with E-state index in [1.54, 1.807) is 0 Å². The van der Waals surface area contributed by atoms with Crippen molar-refractivity contribution in [2.24, 2.45) is 0 Å². The molecule has 0 unspecified atom stereocenters. The van der Waals surface area contributed by atoms with Gasteiger partial charge in [-0.1, -0.05) is 121 Å². The van der Waals surface area contributed by atoms with Gasteiger partial charge in [0.1, 0.15) is 10.5 Å². The lowest BCUT2D eigenvalue weighted by Crippen LogP contribution is -2.28. The molecule has 0 bridgehead atoms. The van der Waals surface area contributed by atoms with Crippen molar-refractivity contribution in [2.75, 3.05) is 0 Å². The number of hydrogen-bond acceptors (Lipinski definition) is 4. The summed E-state index contributed by atoms with van der Waals surface area (Å²) in [6, 6.07) is 47.6. The van der Waals surface area contributed by atoms with Crippen LogP contribution in [0.1, 0.15) is 32.8 Å². The lowest BCUT2D eigenvalue weighted by molar-refractivity contribution is -0.121. The van der Waals surface area contributed by atoms with Gasteiger partial charge >= 0.3 is 0 Å². The Morgan fingerprint density at radius 1 is 0.476 bits per heavy atom. The molecule has 0 spiro atoms. The number of hydrogen-bond donors (Lipinski definition) is 2. The van der Waals surface area contributed by atoms with E-state index in [2.05, 4.69) is 10.6 Å². The van der Waals surface area contributed by atoms with Crippen LogP contribution >= 0.6 is 23.5 Å². The van der Waals surface area contributed by atoms with Gasteiger partial charge in [0, 0.05) is 22.9 Å². The molecule has 2 amide bonds. The number of thioether (sulfide) groups is 2. The van der Waals surface area contributed by atoms with Crippen LogP contribution < -0.4 is 10.6 Å². The second-order valence-corrected chi connectivity index (χ2v) is 12.1. The highest BCUT2D eigenvalue weighted by molar-refractivity contribution is 8.00. The van der Waals surface area contributed by atoms with E-state index in [0.29, 0.717) is 13.1 Å². The lowest BCUT2D eigenvalue weighted by atomic mass is 10.1. The van der Waals surface area contributed by atoms with E-state index in [1.165, 1.54) is 23.5 Å². The second kappa shape index (κ2) is 15.1. The Morgan fingerprint density at radius 2 is 0.833 bits per heavy atom. The van der Waals surface area contributed by atoms with Gasteiger partial charge in [0.2, 0.25) is 11.8 Å². The molecule has 5 aromatic rings. The maximum absolute atomic E-state index is 13.4. The van der Waals surface area contributed by atoms with Gasteiger partial charge in [-0.3, -0.25) is 9.59 Å². The molecule has 42 heavy (non-hydrogen) atoms. The van der Waals surface area contributed by atoms with Crippen molar-refractivity contribution in [1.82, 2.24) is 10.6 Å². The number of benzene rings is 5. The fourth-order valence-corrected chi connectivity index (χ4v) is 6.63. The molecule has 0 aromatic heterocycles. The van der Waals surface area contributed by atoms with E-state index < -0.39 is 0 Å². The zero-order valence-corrected chi connectivity index (χ0v) is 24.7. The smallest absolute Gasteiger partial charge is 0.238 e. The summed E-state index contributed by atoms with van der Waals surface area (Å²) in [7, 11) is 0. The van der Waals surface area contributed by atoms with E-state index in [0.717, 1.165) is 32.0 Å². The first-order valence-corrected chi connectivity index (χ1v) is 15.6.